The number of nitrogens with one attached hydrogen (secondary N) is 3. The van der Waals surface area contributed by atoms with E-state index in [0.717, 1.165) is 21.0 Å². The summed E-state index contributed by atoms with van der Waals surface area (Å²) >= 11 is 4.26. The van der Waals surface area contributed by atoms with Crippen molar-refractivity contribution in [3.8, 4) is 11.3 Å². The Hall–Kier alpha value is -4.51. The van der Waals surface area contributed by atoms with E-state index in [0.29, 0.717) is 22.8 Å². The Morgan fingerprint density at radius 3 is 2.37 bits per heavy atom. The number of rotatable bonds is 11. The molecule has 0 aliphatic heterocycles. The number of carbonyl (C=O) groups is 3. The number of thiazole rings is 1. The molecule has 3 aromatic carbocycles. The second kappa shape index (κ2) is 14.6. The van der Waals surface area contributed by atoms with Gasteiger partial charge in [-0.2, -0.15) is 0 Å². The van der Waals surface area contributed by atoms with Crippen LogP contribution in [0.1, 0.15) is 28.6 Å². The van der Waals surface area contributed by atoms with Crippen molar-refractivity contribution in [1.29, 1.82) is 0 Å². The topological polar surface area (TPSA) is 100 Å². The van der Waals surface area contributed by atoms with Gasteiger partial charge >= 0.3 is 0 Å². The van der Waals surface area contributed by atoms with Crippen LogP contribution in [0, 0.1) is 0 Å². The predicted octanol–water partition coefficient (Wildman–Crippen LogP) is 7.79. The lowest BCUT2D eigenvalue weighted by molar-refractivity contribution is -0.116. The second-order valence-electron chi connectivity index (χ2n) is 9.28. The average Bonchev–Trinajstić information content (AvgIpc) is 3.73. The van der Waals surface area contributed by atoms with E-state index >= 15 is 0 Å². The van der Waals surface area contributed by atoms with E-state index in [1.165, 1.54) is 34.4 Å². The lowest BCUT2D eigenvalue weighted by Gasteiger charge is -2.15. The van der Waals surface area contributed by atoms with Crippen molar-refractivity contribution in [1.82, 2.24) is 10.3 Å². The zero-order valence-electron chi connectivity index (χ0n) is 23.2. The molecule has 10 heteroatoms. The molecular weight excluding hydrogens is 597 g/mol. The van der Waals surface area contributed by atoms with E-state index in [4.69, 9.17) is 0 Å². The molecule has 1 unspecified atom stereocenters. The van der Waals surface area contributed by atoms with Crippen LogP contribution in [0.4, 0.5) is 10.8 Å². The highest BCUT2D eigenvalue weighted by Gasteiger charge is 2.20. The number of benzene rings is 3. The van der Waals surface area contributed by atoms with Crippen LogP contribution in [0.15, 0.2) is 118 Å². The monoisotopic (exact) mass is 624 g/mol. The smallest absolute Gasteiger partial charge is 0.272 e. The molecule has 0 fully saturated rings. The number of anilines is 2. The van der Waals surface area contributed by atoms with Crippen molar-refractivity contribution < 1.29 is 14.4 Å². The fourth-order valence-corrected chi connectivity index (χ4v) is 6.44. The van der Waals surface area contributed by atoms with E-state index in [1.807, 2.05) is 84.4 Å². The molecule has 0 aliphatic carbocycles. The normalized spacial score (nSPS) is 11.9. The number of thioether (sulfide) groups is 1. The first kappa shape index (κ1) is 30.0. The summed E-state index contributed by atoms with van der Waals surface area (Å²) in [6.45, 7) is 1.96. The van der Waals surface area contributed by atoms with Crippen molar-refractivity contribution >= 4 is 69.1 Å². The third-order valence-electron chi connectivity index (χ3n) is 6.20. The number of aromatic nitrogens is 1. The number of nitrogens with zero attached hydrogens (tertiary/aromatic N) is 1. The second-order valence-corrected chi connectivity index (χ2v) is 12.4. The number of hydrogen-bond acceptors (Lipinski definition) is 7. The van der Waals surface area contributed by atoms with Crippen LogP contribution < -0.4 is 16.0 Å². The Labute approximate surface area is 262 Å². The molecule has 5 rings (SSSR count). The van der Waals surface area contributed by atoms with Gasteiger partial charge in [-0.1, -0.05) is 67.6 Å². The zero-order valence-corrected chi connectivity index (χ0v) is 25.6. The molecule has 0 radical (unpaired) electrons. The highest BCUT2D eigenvalue weighted by Crippen LogP contribution is 2.30. The van der Waals surface area contributed by atoms with Gasteiger partial charge in [0.05, 0.1) is 10.9 Å². The van der Waals surface area contributed by atoms with E-state index < -0.39 is 5.91 Å². The van der Waals surface area contributed by atoms with Crippen LogP contribution in [0.25, 0.3) is 17.3 Å². The quantitative estimate of drug-likeness (QED) is 0.103. The molecule has 2 heterocycles. The van der Waals surface area contributed by atoms with E-state index in [-0.39, 0.29) is 22.8 Å². The number of hydrogen-bond donors (Lipinski definition) is 3. The minimum atomic E-state index is -0.456. The predicted molar refractivity (Wildman–Crippen MR) is 177 cm³/mol. The Bertz CT molecular complexity index is 1720. The molecule has 5 aromatic rings. The highest BCUT2D eigenvalue weighted by atomic mass is 32.2. The van der Waals surface area contributed by atoms with Crippen molar-refractivity contribution in [3.63, 3.8) is 0 Å². The lowest BCUT2D eigenvalue weighted by atomic mass is 10.2. The van der Waals surface area contributed by atoms with Gasteiger partial charge in [-0.15, -0.1) is 34.4 Å². The molecule has 1 atom stereocenters. The molecule has 0 spiro atoms. The summed E-state index contributed by atoms with van der Waals surface area (Å²) in [5, 5.41) is 12.6. The van der Waals surface area contributed by atoms with Crippen LogP contribution in [0.3, 0.4) is 0 Å². The van der Waals surface area contributed by atoms with Crippen molar-refractivity contribution in [2.24, 2.45) is 0 Å². The van der Waals surface area contributed by atoms with Gasteiger partial charge in [-0.3, -0.25) is 14.4 Å². The Kier molecular flexibility index (Phi) is 10.2. The van der Waals surface area contributed by atoms with Gasteiger partial charge in [-0.05, 0) is 54.3 Å². The lowest BCUT2D eigenvalue weighted by Crippen LogP contribution is -2.30. The summed E-state index contributed by atoms with van der Waals surface area (Å²) in [5.41, 5.74) is 2.93. The first-order chi connectivity index (χ1) is 21.0. The van der Waals surface area contributed by atoms with Gasteiger partial charge in [0.15, 0.2) is 5.13 Å². The molecule has 7 nitrogen and oxygen atoms in total. The third-order valence-corrected chi connectivity index (χ3v) is 9.13. The van der Waals surface area contributed by atoms with Gasteiger partial charge in [0.2, 0.25) is 5.91 Å². The van der Waals surface area contributed by atoms with Gasteiger partial charge in [0.25, 0.3) is 11.8 Å². The molecule has 0 aliphatic rings. The summed E-state index contributed by atoms with van der Waals surface area (Å²) in [6.07, 6.45) is 2.25. The SMILES string of the molecule is CCC(Sc1cccc(NC(=O)/C(=C/c2cccs2)NC(=O)c2ccccc2)c1)C(=O)Nc1nc(-c2ccccc2)cs1. The number of carbonyl (C=O) groups excluding carboxylic acids is 3. The van der Waals surface area contributed by atoms with Crippen molar-refractivity contribution in [2.75, 3.05) is 10.6 Å². The maximum atomic E-state index is 13.3. The minimum Gasteiger partial charge on any atom is -0.321 e. The minimum absolute atomic E-state index is 0.124. The van der Waals surface area contributed by atoms with Gasteiger partial charge in [0, 0.05) is 32.0 Å². The summed E-state index contributed by atoms with van der Waals surface area (Å²) in [6, 6.07) is 29.6. The van der Waals surface area contributed by atoms with Crippen LogP contribution >= 0.6 is 34.4 Å². The van der Waals surface area contributed by atoms with E-state index in [2.05, 4.69) is 20.9 Å². The summed E-state index contributed by atoms with van der Waals surface area (Å²) < 4.78 is 0. The number of amides is 3. The van der Waals surface area contributed by atoms with Gasteiger partial charge in [-0.25, -0.2) is 4.98 Å². The zero-order chi connectivity index (χ0) is 30.0. The highest BCUT2D eigenvalue weighted by molar-refractivity contribution is 8.00. The maximum absolute atomic E-state index is 13.3. The molecule has 0 bridgehead atoms. The van der Waals surface area contributed by atoms with Crippen LogP contribution in [-0.4, -0.2) is 28.0 Å². The standard InChI is InChI=1S/C33H28N4O3S3/c1-2-29(32(40)37-33-36-28(21-42-33)22-11-5-3-6-12-22)43-26-16-9-15-24(19-26)34-31(39)27(20-25-17-10-18-41-25)35-30(38)23-13-7-4-8-14-23/h3-21,29H,2H2,1H3,(H,34,39)(H,35,38)(H,36,37,40)/b27-20-. The largest absolute Gasteiger partial charge is 0.321 e. The van der Waals surface area contributed by atoms with Gasteiger partial charge in [0.1, 0.15) is 5.70 Å². The summed E-state index contributed by atoms with van der Waals surface area (Å²) in [5.74, 6) is -0.973. The van der Waals surface area contributed by atoms with Crippen molar-refractivity contribution in [3.05, 3.63) is 124 Å². The Balaban J connectivity index is 1.25. The first-order valence-corrected chi connectivity index (χ1v) is 16.1. The van der Waals surface area contributed by atoms with Crippen LogP contribution in [0.2, 0.25) is 0 Å². The summed E-state index contributed by atoms with van der Waals surface area (Å²) in [4.78, 5) is 45.5. The van der Waals surface area contributed by atoms with Crippen LogP contribution in [-0.2, 0) is 9.59 Å². The molecule has 0 saturated carbocycles. The molecular formula is C33H28N4O3S3. The fraction of sp³-hybridized carbons (Fsp3) is 0.0909. The summed E-state index contributed by atoms with van der Waals surface area (Å²) in [7, 11) is 0. The fourth-order valence-electron chi connectivity index (χ4n) is 4.05. The van der Waals surface area contributed by atoms with E-state index in [1.54, 1.807) is 36.4 Å². The third kappa shape index (κ3) is 8.29. The molecule has 43 heavy (non-hydrogen) atoms. The number of thiophene rings is 1. The first-order valence-electron chi connectivity index (χ1n) is 13.5. The maximum Gasteiger partial charge on any atom is 0.272 e. The van der Waals surface area contributed by atoms with Crippen molar-refractivity contribution in [2.45, 2.75) is 23.5 Å². The van der Waals surface area contributed by atoms with Crippen LogP contribution in [0.5, 0.6) is 0 Å². The average molecular weight is 625 g/mol. The molecule has 216 valence electrons. The molecule has 0 saturated heterocycles. The molecule has 2 aromatic heterocycles. The molecule has 3 N–H and O–H groups in total. The Morgan fingerprint density at radius 1 is 0.884 bits per heavy atom. The van der Waals surface area contributed by atoms with Gasteiger partial charge < -0.3 is 16.0 Å². The Morgan fingerprint density at radius 2 is 1.65 bits per heavy atom. The molecule has 3 amide bonds. The van der Waals surface area contributed by atoms with E-state index in [9.17, 15) is 14.4 Å².